The van der Waals surface area contributed by atoms with Crippen molar-refractivity contribution in [3.8, 4) is 0 Å². The minimum absolute atomic E-state index is 0.0312. The third kappa shape index (κ3) is 5.03. The summed E-state index contributed by atoms with van der Waals surface area (Å²) >= 11 is 0. The quantitative estimate of drug-likeness (QED) is 0.744. The molecule has 1 fully saturated rings. The molecule has 128 valence electrons. The van der Waals surface area contributed by atoms with Gasteiger partial charge in [0.1, 0.15) is 0 Å². The molecule has 1 saturated heterocycles. The van der Waals surface area contributed by atoms with Gasteiger partial charge in [0, 0.05) is 38.9 Å². The summed E-state index contributed by atoms with van der Waals surface area (Å²) in [4.78, 5) is 14.7. The number of benzene rings is 1. The summed E-state index contributed by atoms with van der Waals surface area (Å²) < 4.78 is 10.3. The molecule has 0 spiro atoms. The maximum atomic E-state index is 12.3. The largest absolute Gasteiger partial charge is 0.383 e. The molecule has 0 unspecified atom stereocenters. The fourth-order valence-corrected chi connectivity index (χ4v) is 3.09. The lowest BCUT2D eigenvalue weighted by molar-refractivity contribution is 0.0936. The maximum absolute atomic E-state index is 12.3. The van der Waals surface area contributed by atoms with Gasteiger partial charge < -0.3 is 14.8 Å². The number of nitrogens with zero attached hydrogens (tertiary/aromatic N) is 1. The maximum Gasteiger partial charge on any atom is 0.251 e. The lowest BCUT2D eigenvalue weighted by Crippen LogP contribution is -2.32. The molecule has 5 nitrogen and oxygen atoms in total. The fraction of sp³-hybridized carbons (Fsp3) is 0.611. The first-order valence-corrected chi connectivity index (χ1v) is 8.25. The molecule has 1 aliphatic heterocycles. The van der Waals surface area contributed by atoms with Gasteiger partial charge in [-0.3, -0.25) is 9.69 Å². The smallest absolute Gasteiger partial charge is 0.251 e. The summed E-state index contributed by atoms with van der Waals surface area (Å²) in [6.45, 7) is 5.76. The van der Waals surface area contributed by atoms with Crippen molar-refractivity contribution in [3.63, 3.8) is 0 Å². The van der Waals surface area contributed by atoms with Crippen molar-refractivity contribution >= 4 is 5.91 Å². The number of carbonyl (C=O) groups excluding carboxylic acids is 1. The molecule has 1 atom stereocenters. The number of nitrogens with one attached hydrogen (secondary N) is 1. The summed E-state index contributed by atoms with van der Waals surface area (Å²) in [6, 6.07) is 6.64. The second-order valence-electron chi connectivity index (χ2n) is 6.12. The Morgan fingerprint density at radius 2 is 2.17 bits per heavy atom. The van der Waals surface area contributed by atoms with Gasteiger partial charge in [0.15, 0.2) is 0 Å². The highest BCUT2D eigenvalue weighted by atomic mass is 16.5. The average Bonchev–Trinajstić information content (AvgIpc) is 2.97. The molecule has 5 heteroatoms. The molecule has 23 heavy (non-hydrogen) atoms. The number of likely N-dealkylation sites (tertiary alicyclic amines) is 1. The predicted octanol–water partition coefficient (Wildman–Crippen LogP) is 1.98. The van der Waals surface area contributed by atoms with Crippen LogP contribution in [-0.2, 0) is 16.0 Å². The van der Waals surface area contributed by atoms with Crippen molar-refractivity contribution in [2.24, 2.45) is 0 Å². The van der Waals surface area contributed by atoms with E-state index in [0.29, 0.717) is 19.2 Å². The number of hydrogen-bond acceptors (Lipinski definition) is 4. The van der Waals surface area contributed by atoms with Crippen molar-refractivity contribution in [3.05, 3.63) is 34.9 Å². The van der Waals surface area contributed by atoms with Crippen molar-refractivity contribution in [1.29, 1.82) is 0 Å². The molecule has 2 rings (SSSR count). The molecule has 0 radical (unpaired) electrons. The van der Waals surface area contributed by atoms with Gasteiger partial charge in [0.2, 0.25) is 0 Å². The van der Waals surface area contributed by atoms with Gasteiger partial charge in [-0.2, -0.15) is 0 Å². The van der Waals surface area contributed by atoms with Crippen molar-refractivity contribution in [2.45, 2.75) is 32.4 Å². The van der Waals surface area contributed by atoms with E-state index in [0.717, 1.165) is 30.8 Å². The standard InChI is InChI=1S/C18H28N2O3/c1-14-6-7-15(11-17(14)18(21)19-8-10-22-2)12-20-9-4-5-16(20)13-23-3/h6-7,11,16H,4-5,8-10,12-13H2,1-3H3,(H,19,21)/t16-/m1/s1. The molecule has 1 amide bonds. The Balaban J connectivity index is 2.03. The Labute approximate surface area is 139 Å². The van der Waals surface area contributed by atoms with Crippen LogP contribution in [0.15, 0.2) is 18.2 Å². The number of hydrogen-bond donors (Lipinski definition) is 1. The van der Waals surface area contributed by atoms with Crippen LogP contribution in [0.2, 0.25) is 0 Å². The van der Waals surface area contributed by atoms with E-state index in [9.17, 15) is 4.79 Å². The molecule has 0 aromatic heterocycles. The van der Waals surface area contributed by atoms with E-state index in [-0.39, 0.29) is 5.91 Å². The Kier molecular flexibility index (Phi) is 7.02. The van der Waals surface area contributed by atoms with Crippen LogP contribution in [0.3, 0.4) is 0 Å². The van der Waals surface area contributed by atoms with Crippen molar-refractivity contribution < 1.29 is 14.3 Å². The zero-order valence-corrected chi connectivity index (χ0v) is 14.4. The normalized spacial score (nSPS) is 18.3. The van der Waals surface area contributed by atoms with Gasteiger partial charge in [0.05, 0.1) is 13.2 Å². The molecule has 1 aromatic rings. The Morgan fingerprint density at radius 1 is 1.35 bits per heavy atom. The van der Waals surface area contributed by atoms with Gasteiger partial charge >= 0.3 is 0 Å². The number of rotatable bonds is 8. The highest BCUT2D eigenvalue weighted by Crippen LogP contribution is 2.21. The van der Waals surface area contributed by atoms with E-state index in [1.165, 1.54) is 18.4 Å². The molecule has 0 saturated carbocycles. The van der Waals surface area contributed by atoms with Crippen LogP contribution < -0.4 is 5.32 Å². The topological polar surface area (TPSA) is 50.8 Å². The van der Waals surface area contributed by atoms with Crippen LogP contribution in [0.4, 0.5) is 0 Å². The molecular weight excluding hydrogens is 292 g/mol. The number of carbonyl (C=O) groups is 1. The molecule has 1 N–H and O–H groups in total. The Morgan fingerprint density at radius 3 is 2.91 bits per heavy atom. The molecule has 0 bridgehead atoms. The van der Waals surface area contributed by atoms with Crippen LogP contribution in [0.25, 0.3) is 0 Å². The fourth-order valence-electron chi connectivity index (χ4n) is 3.09. The highest BCUT2D eigenvalue weighted by molar-refractivity contribution is 5.95. The van der Waals surface area contributed by atoms with Gasteiger partial charge in [-0.25, -0.2) is 0 Å². The van der Waals surface area contributed by atoms with Gasteiger partial charge in [-0.1, -0.05) is 12.1 Å². The Hall–Kier alpha value is -1.43. The van der Waals surface area contributed by atoms with Gasteiger partial charge in [0.25, 0.3) is 5.91 Å². The first-order chi connectivity index (χ1) is 11.2. The third-order valence-electron chi connectivity index (χ3n) is 4.38. The minimum atomic E-state index is -0.0312. The lowest BCUT2D eigenvalue weighted by Gasteiger charge is -2.24. The van der Waals surface area contributed by atoms with Gasteiger partial charge in [-0.15, -0.1) is 0 Å². The number of aryl methyl sites for hydroxylation is 1. The zero-order valence-electron chi connectivity index (χ0n) is 14.4. The van der Waals surface area contributed by atoms with Crippen LogP contribution in [0.5, 0.6) is 0 Å². The highest BCUT2D eigenvalue weighted by Gasteiger charge is 2.24. The van der Waals surface area contributed by atoms with Crippen LogP contribution in [0.1, 0.15) is 34.3 Å². The monoisotopic (exact) mass is 320 g/mol. The minimum Gasteiger partial charge on any atom is -0.383 e. The van der Waals surface area contributed by atoms with E-state index in [1.54, 1.807) is 14.2 Å². The lowest BCUT2D eigenvalue weighted by atomic mass is 10.0. The second-order valence-corrected chi connectivity index (χ2v) is 6.12. The number of ether oxygens (including phenoxy) is 2. The van der Waals surface area contributed by atoms with Crippen molar-refractivity contribution in [1.82, 2.24) is 10.2 Å². The molecular formula is C18H28N2O3. The SMILES string of the molecule is COCCNC(=O)c1cc(CN2CCC[C@@H]2COC)ccc1C. The molecule has 0 aliphatic carbocycles. The average molecular weight is 320 g/mol. The van der Waals surface area contributed by atoms with E-state index >= 15 is 0 Å². The van der Waals surface area contributed by atoms with E-state index < -0.39 is 0 Å². The summed E-state index contributed by atoms with van der Waals surface area (Å²) in [5, 5.41) is 2.89. The zero-order chi connectivity index (χ0) is 16.7. The van der Waals surface area contributed by atoms with Crippen molar-refractivity contribution in [2.75, 3.05) is 40.5 Å². The molecule has 1 aromatic carbocycles. The first-order valence-electron chi connectivity index (χ1n) is 8.25. The Bertz CT molecular complexity index is 519. The third-order valence-corrected chi connectivity index (χ3v) is 4.38. The van der Waals surface area contributed by atoms with Crippen LogP contribution in [-0.4, -0.2) is 57.4 Å². The summed E-state index contributed by atoms with van der Waals surface area (Å²) in [5.74, 6) is -0.0312. The van der Waals surface area contributed by atoms with E-state index in [1.807, 2.05) is 19.1 Å². The predicted molar refractivity (Wildman–Crippen MR) is 90.7 cm³/mol. The second kappa shape index (κ2) is 9.01. The number of methoxy groups -OCH3 is 2. The van der Waals surface area contributed by atoms with Crippen LogP contribution in [0, 0.1) is 6.92 Å². The summed E-state index contributed by atoms with van der Waals surface area (Å²) in [5.41, 5.74) is 2.93. The summed E-state index contributed by atoms with van der Waals surface area (Å²) in [7, 11) is 3.38. The van der Waals surface area contributed by atoms with Gasteiger partial charge in [-0.05, 0) is 43.5 Å². The van der Waals surface area contributed by atoms with E-state index in [4.69, 9.17) is 9.47 Å². The first kappa shape index (κ1) is 17.9. The molecule has 1 aliphatic rings. The number of amides is 1. The molecule has 1 heterocycles. The van der Waals surface area contributed by atoms with E-state index in [2.05, 4.69) is 16.3 Å². The summed E-state index contributed by atoms with van der Waals surface area (Å²) in [6.07, 6.45) is 2.40. The van der Waals surface area contributed by atoms with Crippen LogP contribution >= 0.6 is 0 Å².